The molecule has 9 aromatic rings. The summed E-state index contributed by atoms with van der Waals surface area (Å²) in [6.45, 7) is 7.05. The van der Waals surface area contributed by atoms with E-state index in [-0.39, 0.29) is 5.41 Å². The Hall–Kier alpha value is -7.22. The summed E-state index contributed by atoms with van der Waals surface area (Å²) in [5.41, 5.74) is 21.1. The summed E-state index contributed by atoms with van der Waals surface area (Å²) in [6.07, 6.45) is 5.71. The fourth-order valence-electron chi connectivity index (χ4n) is 10.1. The number of allylic oxidation sites excluding steroid dienone is 1. The highest BCUT2D eigenvalue weighted by Crippen LogP contribution is 2.52. The number of hydrogen-bond acceptors (Lipinski definition) is 1. The molecular weight excluding hydrogens is 735 g/mol. The molecule has 11 rings (SSSR count). The average molecular weight is 782 g/mol. The van der Waals surface area contributed by atoms with Gasteiger partial charge in [0, 0.05) is 22.2 Å². The maximum atomic E-state index is 2.50. The molecule has 9 aromatic carbocycles. The number of fused-ring (bicyclic) bond motifs is 6. The molecule has 0 radical (unpaired) electrons. The Labute approximate surface area is 359 Å². The summed E-state index contributed by atoms with van der Waals surface area (Å²) in [6, 6.07) is 74.3. The second kappa shape index (κ2) is 14.8. The van der Waals surface area contributed by atoms with Gasteiger partial charge in [-0.25, -0.2) is 0 Å². The topological polar surface area (TPSA) is 3.24 Å². The molecule has 0 fully saturated rings. The smallest absolute Gasteiger partial charge is 0.0540 e. The second-order valence-corrected chi connectivity index (χ2v) is 17.4. The van der Waals surface area contributed by atoms with Crippen LogP contribution in [0.15, 0.2) is 206 Å². The summed E-state index contributed by atoms with van der Waals surface area (Å²) in [5, 5.41) is 2.65. The number of anilines is 3. The van der Waals surface area contributed by atoms with Crippen molar-refractivity contribution >= 4 is 33.9 Å². The highest BCUT2D eigenvalue weighted by Gasteiger charge is 2.35. The van der Waals surface area contributed by atoms with Crippen molar-refractivity contribution in [2.24, 2.45) is 5.92 Å². The number of nitrogens with zero attached hydrogens (tertiary/aromatic N) is 1. The van der Waals surface area contributed by atoms with Crippen LogP contribution in [0.4, 0.5) is 17.1 Å². The first-order valence-electron chi connectivity index (χ1n) is 21.6. The maximum Gasteiger partial charge on any atom is 0.0540 e. The Morgan fingerprint density at radius 1 is 0.426 bits per heavy atom. The van der Waals surface area contributed by atoms with Gasteiger partial charge >= 0.3 is 0 Å². The molecule has 0 heterocycles. The van der Waals surface area contributed by atoms with Crippen molar-refractivity contribution in [2.75, 3.05) is 4.90 Å². The Morgan fingerprint density at radius 3 is 1.90 bits per heavy atom. The van der Waals surface area contributed by atoms with Crippen LogP contribution >= 0.6 is 0 Å². The first kappa shape index (κ1) is 36.8. The molecule has 2 aliphatic carbocycles. The second-order valence-electron chi connectivity index (χ2n) is 17.4. The normalized spacial score (nSPS) is 14.6. The lowest BCUT2D eigenvalue weighted by molar-refractivity contribution is 0.660. The van der Waals surface area contributed by atoms with Crippen LogP contribution in [0, 0.1) is 5.92 Å². The molecule has 0 saturated heterocycles. The van der Waals surface area contributed by atoms with Crippen molar-refractivity contribution in [1.82, 2.24) is 0 Å². The molecule has 2 aliphatic rings. The van der Waals surface area contributed by atoms with Gasteiger partial charge in [0.15, 0.2) is 0 Å². The van der Waals surface area contributed by atoms with E-state index >= 15 is 0 Å². The first-order valence-corrected chi connectivity index (χ1v) is 21.6. The van der Waals surface area contributed by atoms with E-state index < -0.39 is 0 Å². The van der Waals surface area contributed by atoms with E-state index in [1.807, 2.05) is 0 Å². The van der Waals surface area contributed by atoms with Crippen LogP contribution in [0.2, 0.25) is 0 Å². The van der Waals surface area contributed by atoms with Crippen molar-refractivity contribution in [3.05, 3.63) is 229 Å². The lowest BCUT2D eigenvalue weighted by Crippen LogP contribution is -2.15. The number of hydrogen-bond donors (Lipinski definition) is 0. The summed E-state index contributed by atoms with van der Waals surface area (Å²) >= 11 is 0. The molecule has 0 aromatic heterocycles. The summed E-state index contributed by atoms with van der Waals surface area (Å²) in [4.78, 5) is 2.50. The molecule has 292 valence electrons. The van der Waals surface area contributed by atoms with Gasteiger partial charge in [0.25, 0.3) is 0 Å². The number of benzene rings is 9. The largest absolute Gasteiger partial charge is 0.309 e. The summed E-state index contributed by atoms with van der Waals surface area (Å²) in [5.74, 6) is 0.526. The lowest BCUT2D eigenvalue weighted by Gasteiger charge is -2.31. The molecule has 0 N–H and O–H groups in total. The van der Waals surface area contributed by atoms with Crippen molar-refractivity contribution in [3.8, 4) is 55.6 Å². The molecule has 1 unspecified atom stereocenters. The highest BCUT2D eigenvalue weighted by molar-refractivity contribution is 6.02. The monoisotopic (exact) mass is 781 g/mol. The van der Waals surface area contributed by atoms with Crippen LogP contribution in [0.5, 0.6) is 0 Å². The van der Waals surface area contributed by atoms with Crippen LogP contribution in [0.3, 0.4) is 0 Å². The minimum Gasteiger partial charge on any atom is -0.309 e. The van der Waals surface area contributed by atoms with Gasteiger partial charge in [-0.3, -0.25) is 0 Å². The molecule has 0 bridgehead atoms. The van der Waals surface area contributed by atoms with Crippen molar-refractivity contribution in [2.45, 2.75) is 32.6 Å². The van der Waals surface area contributed by atoms with Crippen LogP contribution in [-0.2, 0) is 11.8 Å². The summed E-state index contributed by atoms with van der Waals surface area (Å²) < 4.78 is 0. The van der Waals surface area contributed by atoms with Gasteiger partial charge < -0.3 is 4.90 Å². The Morgan fingerprint density at radius 2 is 1.07 bits per heavy atom. The van der Waals surface area contributed by atoms with Crippen LogP contribution in [0.1, 0.15) is 43.0 Å². The van der Waals surface area contributed by atoms with Crippen LogP contribution < -0.4 is 4.90 Å². The number of para-hydroxylation sites is 1. The van der Waals surface area contributed by atoms with E-state index in [4.69, 9.17) is 0 Å². The molecule has 0 spiro atoms. The van der Waals surface area contributed by atoms with Gasteiger partial charge in [-0.05, 0) is 126 Å². The van der Waals surface area contributed by atoms with Gasteiger partial charge in [-0.2, -0.15) is 0 Å². The Bertz CT molecular complexity index is 3150. The van der Waals surface area contributed by atoms with Crippen molar-refractivity contribution in [3.63, 3.8) is 0 Å². The predicted octanol–water partition coefficient (Wildman–Crippen LogP) is 16.5. The predicted molar refractivity (Wildman–Crippen MR) is 260 cm³/mol. The minimum atomic E-state index is -0.106. The third-order valence-electron chi connectivity index (χ3n) is 13.2. The zero-order chi connectivity index (χ0) is 41.1. The zero-order valence-electron chi connectivity index (χ0n) is 34.9. The van der Waals surface area contributed by atoms with Gasteiger partial charge in [0.1, 0.15) is 0 Å². The van der Waals surface area contributed by atoms with Crippen LogP contribution in [0.25, 0.3) is 72.5 Å². The van der Waals surface area contributed by atoms with E-state index in [1.165, 1.54) is 88.7 Å². The van der Waals surface area contributed by atoms with Gasteiger partial charge in [0.05, 0.1) is 11.4 Å². The SMILES string of the molecule is CC1C=Cc2ccc3c(-c4cccc(N(c5ccccc5-c5ccc6c(c5)C(C)(C)c5ccccc5-6)c5ccc(-c6ccccc6)cc5-c5ccccc5)c4)cccc3c2C1. The van der Waals surface area contributed by atoms with Gasteiger partial charge in [-0.15, -0.1) is 0 Å². The van der Waals surface area contributed by atoms with Gasteiger partial charge in [-0.1, -0.05) is 197 Å². The quantitative estimate of drug-likeness (QED) is 0.156. The maximum absolute atomic E-state index is 2.50. The van der Waals surface area contributed by atoms with Crippen molar-refractivity contribution in [1.29, 1.82) is 0 Å². The molecule has 1 nitrogen and oxygen atoms in total. The van der Waals surface area contributed by atoms with Crippen LogP contribution in [-0.4, -0.2) is 0 Å². The van der Waals surface area contributed by atoms with E-state index in [0.717, 1.165) is 23.5 Å². The first-order chi connectivity index (χ1) is 29.9. The standard InChI is InChI=1S/C60H47N/c1-40-28-29-43-30-33-51-48(24-15-25-50(51)54(43)36-40)45-20-14-21-47(37-45)61(59-35-32-44(41-16-6-4-7-17-41)38-55(59)42-18-8-5-9-19-42)58-27-13-11-22-49(58)46-31-34-53-52-23-10-12-26-56(52)60(2,3)57(53)39-46/h4-35,37-40H,36H2,1-3H3. The van der Waals surface area contributed by atoms with E-state index in [1.54, 1.807) is 0 Å². The molecule has 0 saturated carbocycles. The third-order valence-corrected chi connectivity index (χ3v) is 13.2. The fraction of sp³-hybridized carbons (Fsp3) is 0.100. The average Bonchev–Trinajstić information content (AvgIpc) is 3.55. The van der Waals surface area contributed by atoms with E-state index in [9.17, 15) is 0 Å². The van der Waals surface area contributed by atoms with E-state index in [2.05, 4.69) is 238 Å². The summed E-state index contributed by atoms with van der Waals surface area (Å²) in [7, 11) is 0. The molecular formula is C60H47N. The third kappa shape index (κ3) is 6.32. The fourth-order valence-corrected chi connectivity index (χ4v) is 10.1. The van der Waals surface area contributed by atoms with Gasteiger partial charge in [0.2, 0.25) is 0 Å². The van der Waals surface area contributed by atoms with E-state index in [0.29, 0.717) is 5.92 Å². The Kier molecular flexibility index (Phi) is 8.94. The molecule has 1 heteroatoms. The molecule has 0 aliphatic heterocycles. The molecule has 61 heavy (non-hydrogen) atoms. The zero-order valence-corrected chi connectivity index (χ0v) is 34.9. The van der Waals surface area contributed by atoms with Crippen molar-refractivity contribution < 1.29 is 0 Å². The number of rotatable bonds is 7. The molecule has 1 atom stereocenters. The molecule has 0 amide bonds. The highest BCUT2D eigenvalue weighted by atomic mass is 15.1. The Balaban J connectivity index is 1.14. The lowest BCUT2D eigenvalue weighted by atomic mass is 9.81. The minimum absolute atomic E-state index is 0.106.